The quantitative estimate of drug-likeness (QED) is 0.0355. The number of hydrogen-bond acceptors (Lipinski definition) is 26. The van der Waals surface area contributed by atoms with Gasteiger partial charge in [-0.25, -0.2) is 72.5 Å². The summed E-state index contributed by atoms with van der Waals surface area (Å²) in [4.78, 5) is 85.6. The molecule has 0 radical (unpaired) electrons. The summed E-state index contributed by atoms with van der Waals surface area (Å²) in [6.45, 7) is 9.52. The second-order valence-electron chi connectivity index (χ2n) is 34.7. The number of sulfonamides is 5. The standard InChI is InChI=1S/C20H25N5O3S.4C18H20N4O3S/c1-2-9-21-17-11-23-18(12-22-17)29(27,28)25-20(26)24-19-15-7-3-5-13(15)10-14-6-4-8-16(14)19;1-11-9-20-16(10-19-11)26(24,25)22-18(23)21-17-14-6-2-4-12(14)8-13-5-3-7-15(13)17;1-11-8-16(20-10-19-11)26(24,25)22-18(23)21-17-14-6-2-4-12(14)9-13-5-3-7-15(13)17;1-11-8-16(21-19-10-11)26(24,25)22-18(23)20-17-14-6-2-4-12(14)9-13-5-3-7-15(13)17;1-11-8-9-16(21-20-11)26(24,25)22-18(23)19-17-14-6-2-4-12(14)10-13-5-3-7-15(13)17/h10-12H,2-9H2,1H3,(H,21,22)(H2,24,25,26);2*8-10H,2-7H2,1H3,(H2,21,22,23);8-10H,2-7H2,1H3,(H2,20,22,23);8-10H,2-7H2,1H3,(H2,19,22,23). The molecule has 0 aliphatic heterocycles. The number of nitrogens with zero attached hydrogens (tertiary/aromatic N) is 10. The van der Waals surface area contributed by atoms with Gasteiger partial charge in [0.2, 0.25) is 0 Å². The smallest absolute Gasteiger partial charge is 0.333 e. The normalized spacial score (nSPS) is 15.3. The van der Waals surface area contributed by atoms with Gasteiger partial charge in [0.1, 0.15) is 12.1 Å². The number of aromatic nitrogens is 10. The van der Waals surface area contributed by atoms with Gasteiger partial charge in [0.15, 0.2) is 25.1 Å². The molecule has 36 nitrogen and oxygen atoms in total. The van der Waals surface area contributed by atoms with Crippen LogP contribution in [-0.2, 0) is 179 Å². The molecular weight excluding hydrogens is 1800 g/mol. The molecule has 11 N–H and O–H groups in total. The van der Waals surface area contributed by atoms with E-state index in [0.29, 0.717) is 35.0 Å². The lowest BCUT2D eigenvalue weighted by atomic mass is 9.99. The zero-order valence-corrected chi connectivity index (χ0v) is 78.5. The second-order valence-corrected chi connectivity index (χ2v) is 42.9. The van der Waals surface area contributed by atoms with Crippen LogP contribution >= 0.6 is 0 Å². The number of nitrogens with one attached hydrogen (secondary N) is 11. The average molecular weight is 1910 g/mol. The summed E-state index contributed by atoms with van der Waals surface area (Å²) in [6.07, 6.45) is 38.3. The van der Waals surface area contributed by atoms with E-state index in [1.54, 1.807) is 27.7 Å². The van der Waals surface area contributed by atoms with Gasteiger partial charge in [-0.1, -0.05) is 37.3 Å². The number of fused-ring (bicyclic) bond motifs is 10. The number of carbonyl (C=O) groups is 5. The number of anilines is 6. The van der Waals surface area contributed by atoms with Crippen LogP contribution in [0.25, 0.3) is 0 Å². The molecule has 41 heteroatoms. The molecule has 10 aliphatic rings. The highest BCUT2D eigenvalue weighted by Gasteiger charge is 2.35. The molecule has 10 aliphatic carbocycles. The van der Waals surface area contributed by atoms with Crippen LogP contribution in [0.2, 0.25) is 0 Å². The number of carbonyl (C=O) groups excluding carboxylic acids is 5. The Hall–Kier alpha value is -12.6. The monoisotopic (exact) mass is 1900 g/mol. The number of hydrogen-bond donors (Lipinski definition) is 11. The van der Waals surface area contributed by atoms with Crippen molar-refractivity contribution in [2.24, 2.45) is 0 Å². The van der Waals surface area contributed by atoms with Crippen LogP contribution in [0.4, 0.5) is 58.2 Å². The number of urea groups is 5. The maximum absolute atomic E-state index is 12.5. The molecule has 0 spiro atoms. The lowest BCUT2D eigenvalue weighted by molar-refractivity contribution is 0.255. The molecule has 0 atom stereocenters. The molecule has 0 fully saturated rings. The summed E-state index contributed by atoms with van der Waals surface area (Å²) >= 11 is 0. The molecule has 5 heterocycles. The Bertz CT molecular complexity index is 6430. The first-order valence-corrected chi connectivity index (χ1v) is 52.4. The highest BCUT2D eigenvalue weighted by molar-refractivity contribution is 7.91. The van der Waals surface area contributed by atoms with E-state index in [4.69, 9.17) is 0 Å². The van der Waals surface area contributed by atoms with Gasteiger partial charge in [0.25, 0.3) is 50.1 Å². The van der Waals surface area contributed by atoms with E-state index < -0.39 is 80.3 Å². The summed E-state index contributed by atoms with van der Waals surface area (Å²) in [5, 5.41) is 30.4. The second kappa shape index (κ2) is 39.7. The SMILES string of the molecule is CCCNc1cnc(S(=O)(=O)NC(=O)Nc2c3c(cc4c2CCC4)CCC3)cn1.Cc1cc(S(=O)(=O)NC(=O)Nc2c3c(cc4c2CCC4)CCC3)ncn1.Cc1ccc(S(=O)(=O)NC(=O)Nc2c3c(cc4c2CCC4)CCC3)nn1.Cc1cnc(S(=O)(=O)NC(=O)Nc2c3c(cc4c2CCC4)CCC3)cn1.Cc1cnnc(S(=O)(=O)NC(=O)Nc2c3c(cc4c2CCC4)CCC3)c1. The van der Waals surface area contributed by atoms with E-state index in [0.717, 1.165) is 296 Å². The Morgan fingerprint density at radius 3 is 0.865 bits per heavy atom. The van der Waals surface area contributed by atoms with Gasteiger partial charge in [0, 0.05) is 46.9 Å². The third-order valence-corrected chi connectivity index (χ3v) is 31.4. The fraction of sp³-hybridized carbons (Fsp3) is 0.402. The molecule has 5 aromatic carbocycles. The maximum atomic E-state index is 12.5. The maximum Gasteiger partial charge on any atom is 0.333 e. The fourth-order valence-corrected chi connectivity index (χ4v) is 23.6. The van der Waals surface area contributed by atoms with E-state index >= 15 is 0 Å². The zero-order chi connectivity index (χ0) is 93.7. The van der Waals surface area contributed by atoms with Gasteiger partial charge < -0.3 is 31.9 Å². The predicted octanol–water partition coefficient (Wildman–Crippen LogP) is 11.9. The number of aryl methyl sites for hydroxylation is 14. The Labute approximate surface area is 772 Å². The molecule has 20 rings (SSSR count). The van der Waals surface area contributed by atoms with Crippen molar-refractivity contribution in [2.75, 3.05) is 38.4 Å². The van der Waals surface area contributed by atoms with Crippen molar-refractivity contribution in [3.05, 3.63) is 226 Å². The zero-order valence-electron chi connectivity index (χ0n) is 74.4. The molecule has 10 amide bonds. The summed E-state index contributed by atoms with van der Waals surface area (Å²) in [5.74, 6) is 0.491. The number of amides is 10. The van der Waals surface area contributed by atoms with E-state index in [-0.39, 0.29) is 25.1 Å². The first-order chi connectivity index (χ1) is 63.7. The van der Waals surface area contributed by atoms with Gasteiger partial charge in [-0.2, -0.15) is 52.3 Å². The molecular formula is C92H105N21O15S5. The third kappa shape index (κ3) is 21.5. The van der Waals surface area contributed by atoms with Crippen LogP contribution in [0.1, 0.15) is 211 Å². The molecule has 0 saturated carbocycles. The van der Waals surface area contributed by atoms with Crippen molar-refractivity contribution in [2.45, 2.75) is 259 Å². The highest BCUT2D eigenvalue weighted by Crippen LogP contribution is 2.44. The molecule has 133 heavy (non-hydrogen) atoms. The van der Waals surface area contributed by atoms with Crippen LogP contribution in [0.5, 0.6) is 0 Å². The minimum absolute atomic E-state index is 0.219. The summed E-state index contributed by atoms with van der Waals surface area (Å²) in [7, 11) is -20.3. The van der Waals surface area contributed by atoms with E-state index in [1.807, 2.05) is 16.4 Å². The van der Waals surface area contributed by atoms with Crippen molar-refractivity contribution in [1.82, 2.24) is 73.9 Å². The van der Waals surface area contributed by atoms with Crippen molar-refractivity contribution < 1.29 is 66.1 Å². The van der Waals surface area contributed by atoms with Crippen molar-refractivity contribution in [3.8, 4) is 0 Å². The van der Waals surface area contributed by atoms with Crippen molar-refractivity contribution >= 4 is 115 Å². The minimum Gasteiger partial charge on any atom is -0.369 e. The van der Waals surface area contributed by atoms with Gasteiger partial charge in [0.05, 0.1) is 36.2 Å². The van der Waals surface area contributed by atoms with E-state index in [9.17, 15) is 66.1 Å². The van der Waals surface area contributed by atoms with Crippen LogP contribution in [0, 0.1) is 27.7 Å². The van der Waals surface area contributed by atoms with Gasteiger partial charge in [-0.15, -0.1) is 10.2 Å². The first-order valence-electron chi connectivity index (χ1n) is 45.0. The van der Waals surface area contributed by atoms with Gasteiger partial charge in [-0.05, 0) is 368 Å². The molecule has 0 bridgehead atoms. The van der Waals surface area contributed by atoms with Crippen LogP contribution in [0.15, 0.2) is 117 Å². The minimum atomic E-state index is -4.11. The Morgan fingerprint density at radius 2 is 0.586 bits per heavy atom. The lowest BCUT2D eigenvalue weighted by Gasteiger charge is -2.16. The molecule has 0 unspecified atom stereocenters. The van der Waals surface area contributed by atoms with Crippen LogP contribution < -0.4 is 55.5 Å². The van der Waals surface area contributed by atoms with E-state index in [2.05, 4.69) is 127 Å². The Kier molecular flexibility index (Phi) is 27.9. The molecule has 10 aromatic rings. The van der Waals surface area contributed by atoms with Crippen LogP contribution in [0.3, 0.4) is 0 Å². The summed E-state index contributed by atoms with van der Waals surface area (Å²) in [5.41, 5.74) is 30.5. The lowest BCUT2D eigenvalue weighted by Crippen LogP contribution is -2.35. The predicted molar refractivity (Wildman–Crippen MR) is 497 cm³/mol. The highest BCUT2D eigenvalue weighted by atomic mass is 32.2. The van der Waals surface area contributed by atoms with Crippen molar-refractivity contribution in [1.29, 1.82) is 0 Å². The molecule has 698 valence electrons. The third-order valence-electron chi connectivity index (χ3n) is 25.3. The molecule has 0 saturated heterocycles. The van der Waals surface area contributed by atoms with Crippen LogP contribution in [-0.4, -0.2) is 129 Å². The van der Waals surface area contributed by atoms with Gasteiger partial charge in [-0.3, -0.25) is 4.98 Å². The van der Waals surface area contributed by atoms with E-state index in [1.165, 1.54) is 105 Å². The largest absolute Gasteiger partial charge is 0.369 e. The fourth-order valence-electron chi connectivity index (χ4n) is 19.4. The number of rotatable bonds is 18. The Balaban J connectivity index is 0.000000121. The molecule has 5 aromatic heterocycles. The average Bonchev–Trinajstić information content (AvgIpc) is 1.65. The van der Waals surface area contributed by atoms with Gasteiger partial charge >= 0.3 is 30.2 Å². The Morgan fingerprint density at radius 1 is 0.278 bits per heavy atom. The summed E-state index contributed by atoms with van der Waals surface area (Å²) in [6, 6.07) is 13.0. The topological polar surface area (TPSA) is 517 Å². The van der Waals surface area contributed by atoms with Crippen molar-refractivity contribution in [3.63, 3.8) is 0 Å². The number of benzene rings is 5. The summed E-state index contributed by atoms with van der Waals surface area (Å²) < 4.78 is 134. The first kappa shape index (κ1) is 93.6.